The molecule has 0 amide bonds. The van der Waals surface area contributed by atoms with Gasteiger partial charge in [0.25, 0.3) is 0 Å². The Balaban J connectivity index is 0.00000121. The molecule has 12 heavy (non-hydrogen) atoms. The first-order valence-corrected chi connectivity index (χ1v) is 3.20. The molecule has 2 N–H and O–H groups in total. The quantitative estimate of drug-likeness (QED) is 0.649. The van der Waals surface area contributed by atoms with Crippen molar-refractivity contribution in [2.75, 3.05) is 6.61 Å². The molecular weight excluding hydrogens is 188 g/mol. The van der Waals surface area contributed by atoms with Crippen molar-refractivity contribution in [3.8, 4) is 0 Å². The zero-order valence-corrected chi connectivity index (χ0v) is 6.91. The van der Waals surface area contributed by atoms with Crippen LogP contribution in [0.25, 0.3) is 0 Å². The number of aliphatic carboxylic acids is 2. The zero-order chi connectivity index (χ0) is 8.43. The van der Waals surface area contributed by atoms with Gasteiger partial charge in [-0.05, 0) is 6.42 Å². The SMILES string of the molecule is Cl.O=C(O)C1CCOC1C(=O)O. The van der Waals surface area contributed by atoms with Crippen molar-refractivity contribution in [3.05, 3.63) is 0 Å². The molecule has 1 heterocycles. The standard InChI is InChI=1S/C6H8O5.ClH/c7-5(8)3-1-2-11-4(3)6(9)10;/h3-4H,1-2H2,(H,7,8)(H,9,10);1H. The van der Waals surface area contributed by atoms with E-state index in [-0.39, 0.29) is 25.4 Å². The Kier molecular flexibility index (Phi) is 3.99. The summed E-state index contributed by atoms with van der Waals surface area (Å²) in [5.74, 6) is -3.18. The number of ether oxygens (including phenoxy) is 1. The Morgan fingerprint density at radius 3 is 2.17 bits per heavy atom. The van der Waals surface area contributed by atoms with Crippen LogP contribution in [-0.2, 0) is 14.3 Å². The first kappa shape index (κ1) is 11.2. The van der Waals surface area contributed by atoms with Crippen LogP contribution in [0, 0.1) is 5.92 Å². The number of hydrogen-bond acceptors (Lipinski definition) is 3. The van der Waals surface area contributed by atoms with Gasteiger partial charge in [0.1, 0.15) is 0 Å². The van der Waals surface area contributed by atoms with E-state index < -0.39 is 24.0 Å². The number of hydrogen-bond donors (Lipinski definition) is 2. The highest BCUT2D eigenvalue weighted by Crippen LogP contribution is 2.20. The van der Waals surface area contributed by atoms with E-state index >= 15 is 0 Å². The van der Waals surface area contributed by atoms with Gasteiger partial charge in [-0.3, -0.25) is 4.79 Å². The molecule has 0 bridgehead atoms. The molecule has 0 aromatic rings. The van der Waals surface area contributed by atoms with Crippen molar-refractivity contribution in [2.24, 2.45) is 5.92 Å². The number of carbonyl (C=O) groups is 2. The van der Waals surface area contributed by atoms with Crippen LogP contribution in [0.3, 0.4) is 0 Å². The minimum absolute atomic E-state index is 0. The average Bonchev–Trinajstić information content (AvgIpc) is 2.32. The smallest absolute Gasteiger partial charge is 0.333 e. The minimum Gasteiger partial charge on any atom is -0.481 e. The van der Waals surface area contributed by atoms with Gasteiger partial charge in [-0.2, -0.15) is 0 Å². The molecule has 5 nitrogen and oxygen atoms in total. The second-order valence-corrected chi connectivity index (χ2v) is 2.36. The summed E-state index contributed by atoms with van der Waals surface area (Å²) in [6.07, 6.45) is -0.876. The van der Waals surface area contributed by atoms with Crippen LogP contribution in [0.2, 0.25) is 0 Å². The molecule has 0 saturated carbocycles. The van der Waals surface area contributed by atoms with Gasteiger partial charge in [0.15, 0.2) is 6.10 Å². The molecule has 0 aliphatic carbocycles. The number of halogens is 1. The van der Waals surface area contributed by atoms with Gasteiger partial charge >= 0.3 is 11.9 Å². The van der Waals surface area contributed by atoms with Gasteiger partial charge in [0.2, 0.25) is 0 Å². The molecule has 6 heteroatoms. The first-order valence-electron chi connectivity index (χ1n) is 3.20. The van der Waals surface area contributed by atoms with Crippen LogP contribution in [0.1, 0.15) is 6.42 Å². The molecular formula is C6H9ClO5. The van der Waals surface area contributed by atoms with E-state index in [4.69, 9.17) is 14.9 Å². The molecule has 2 unspecified atom stereocenters. The molecule has 2 atom stereocenters. The summed E-state index contributed by atoms with van der Waals surface area (Å²) in [6, 6.07) is 0. The molecule has 0 spiro atoms. The van der Waals surface area contributed by atoms with Crippen LogP contribution in [0.15, 0.2) is 0 Å². The highest BCUT2D eigenvalue weighted by atomic mass is 35.5. The summed E-state index contributed by atoms with van der Waals surface area (Å²) < 4.78 is 4.71. The van der Waals surface area contributed by atoms with E-state index in [0.29, 0.717) is 0 Å². The second kappa shape index (κ2) is 4.27. The zero-order valence-electron chi connectivity index (χ0n) is 6.10. The van der Waals surface area contributed by atoms with Crippen molar-refractivity contribution >= 4 is 24.3 Å². The van der Waals surface area contributed by atoms with Crippen molar-refractivity contribution < 1.29 is 24.5 Å². The average molecular weight is 197 g/mol. The van der Waals surface area contributed by atoms with E-state index in [2.05, 4.69) is 0 Å². The monoisotopic (exact) mass is 196 g/mol. The normalized spacial score (nSPS) is 27.7. The predicted octanol–water partition coefficient (Wildman–Crippen LogP) is -0.0175. The lowest BCUT2D eigenvalue weighted by atomic mass is 10.0. The van der Waals surface area contributed by atoms with Gasteiger partial charge in [0.05, 0.1) is 5.92 Å². The molecule has 1 aliphatic heterocycles. The van der Waals surface area contributed by atoms with Gasteiger partial charge in [0, 0.05) is 6.61 Å². The van der Waals surface area contributed by atoms with Crippen molar-refractivity contribution in [1.82, 2.24) is 0 Å². The Morgan fingerprint density at radius 2 is 1.83 bits per heavy atom. The van der Waals surface area contributed by atoms with Crippen molar-refractivity contribution in [1.29, 1.82) is 0 Å². The maximum Gasteiger partial charge on any atom is 0.333 e. The Morgan fingerprint density at radius 1 is 1.25 bits per heavy atom. The third kappa shape index (κ3) is 2.09. The van der Waals surface area contributed by atoms with Gasteiger partial charge in [-0.25, -0.2) is 4.79 Å². The lowest BCUT2D eigenvalue weighted by Crippen LogP contribution is -2.31. The van der Waals surface area contributed by atoms with Crippen LogP contribution in [0.5, 0.6) is 0 Å². The molecule has 1 rings (SSSR count). The van der Waals surface area contributed by atoms with Crippen LogP contribution >= 0.6 is 12.4 Å². The lowest BCUT2D eigenvalue weighted by molar-refractivity contribution is -0.156. The second-order valence-electron chi connectivity index (χ2n) is 2.36. The van der Waals surface area contributed by atoms with Crippen LogP contribution in [-0.4, -0.2) is 34.9 Å². The topological polar surface area (TPSA) is 83.8 Å². The van der Waals surface area contributed by atoms with E-state index in [1.807, 2.05) is 0 Å². The Bertz CT molecular complexity index is 172. The summed E-state index contributed by atoms with van der Waals surface area (Å²) in [6.45, 7) is 0.216. The molecule has 0 radical (unpaired) electrons. The number of rotatable bonds is 2. The number of carboxylic acid groups (broad SMARTS) is 2. The highest BCUT2D eigenvalue weighted by Gasteiger charge is 2.38. The first-order chi connectivity index (χ1) is 5.13. The van der Waals surface area contributed by atoms with Gasteiger partial charge < -0.3 is 14.9 Å². The lowest BCUT2D eigenvalue weighted by Gasteiger charge is -2.08. The summed E-state index contributed by atoms with van der Waals surface area (Å²) in [5.41, 5.74) is 0. The van der Waals surface area contributed by atoms with Crippen LogP contribution in [0.4, 0.5) is 0 Å². The maximum absolute atomic E-state index is 10.4. The Labute approximate surface area is 74.7 Å². The third-order valence-electron chi connectivity index (χ3n) is 1.65. The summed E-state index contributed by atoms with van der Waals surface area (Å²) >= 11 is 0. The fourth-order valence-electron chi connectivity index (χ4n) is 1.09. The van der Waals surface area contributed by atoms with Gasteiger partial charge in [-0.1, -0.05) is 0 Å². The molecule has 0 aromatic heterocycles. The van der Waals surface area contributed by atoms with E-state index in [1.165, 1.54) is 0 Å². The summed E-state index contributed by atoms with van der Waals surface area (Å²) in [5, 5.41) is 16.9. The van der Waals surface area contributed by atoms with Gasteiger partial charge in [-0.15, -0.1) is 12.4 Å². The highest BCUT2D eigenvalue weighted by molar-refractivity contribution is 5.85. The maximum atomic E-state index is 10.4. The fourth-order valence-corrected chi connectivity index (χ4v) is 1.09. The van der Waals surface area contributed by atoms with Crippen molar-refractivity contribution in [3.63, 3.8) is 0 Å². The predicted molar refractivity (Wildman–Crippen MR) is 40.4 cm³/mol. The number of carboxylic acids is 2. The fraction of sp³-hybridized carbons (Fsp3) is 0.667. The van der Waals surface area contributed by atoms with Crippen molar-refractivity contribution in [2.45, 2.75) is 12.5 Å². The van der Waals surface area contributed by atoms with Crippen LogP contribution < -0.4 is 0 Å². The largest absolute Gasteiger partial charge is 0.481 e. The molecule has 1 saturated heterocycles. The van der Waals surface area contributed by atoms with E-state index in [1.54, 1.807) is 0 Å². The molecule has 0 aromatic carbocycles. The Hall–Kier alpha value is -0.810. The van der Waals surface area contributed by atoms with E-state index in [0.717, 1.165) is 0 Å². The molecule has 70 valence electrons. The molecule has 1 fully saturated rings. The third-order valence-corrected chi connectivity index (χ3v) is 1.65. The van der Waals surface area contributed by atoms with E-state index in [9.17, 15) is 9.59 Å². The molecule has 1 aliphatic rings. The summed E-state index contributed by atoms with van der Waals surface area (Å²) in [7, 11) is 0. The minimum atomic E-state index is -1.20. The summed E-state index contributed by atoms with van der Waals surface area (Å²) in [4.78, 5) is 20.7.